The van der Waals surface area contributed by atoms with Crippen LogP contribution in [0.25, 0.3) is 0 Å². The molecule has 3 N–H and O–H groups in total. The molecule has 0 aliphatic carbocycles. The van der Waals surface area contributed by atoms with E-state index in [2.05, 4.69) is 22.1 Å². The zero-order chi connectivity index (χ0) is 16.9. The van der Waals surface area contributed by atoms with Crippen molar-refractivity contribution in [3.8, 4) is 0 Å². The van der Waals surface area contributed by atoms with Gasteiger partial charge in [0.25, 0.3) is 0 Å². The molecular weight excluding hydrogens is 432 g/mol. The van der Waals surface area contributed by atoms with Crippen molar-refractivity contribution < 1.29 is 13.2 Å². The van der Waals surface area contributed by atoms with Gasteiger partial charge in [-0.3, -0.25) is 4.90 Å². The van der Waals surface area contributed by atoms with Crippen LogP contribution in [-0.2, 0) is 12.7 Å². The third-order valence-electron chi connectivity index (χ3n) is 4.14. The summed E-state index contributed by atoms with van der Waals surface area (Å²) in [6, 6.07) is 5.45. The van der Waals surface area contributed by atoms with E-state index in [1.54, 1.807) is 0 Å². The summed E-state index contributed by atoms with van der Waals surface area (Å²) >= 11 is 0. The van der Waals surface area contributed by atoms with E-state index in [0.29, 0.717) is 17.6 Å². The quantitative estimate of drug-likeness (QED) is 0.407. The third kappa shape index (κ3) is 6.12. The molecule has 0 amide bonds. The van der Waals surface area contributed by atoms with E-state index in [0.717, 1.165) is 38.2 Å². The first kappa shape index (κ1) is 21.0. The van der Waals surface area contributed by atoms with Gasteiger partial charge in [-0.25, -0.2) is 4.99 Å². The Morgan fingerprint density at radius 3 is 2.58 bits per heavy atom. The van der Waals surface area contributed by atoms with Crippen molar-refractivity contribution in [2.45, 2.75) is 38.5 Å². The van der Waals surface area contributed by atoms with Gasteiger partial charge in [0, 0.05) is 12.6 Å². The second-order valence-corrected chi connectivity index (χ2v) is 5.70. The average Bonchev–Trinajstić information content (AvgIpc) is 2.98. The highest BCUT2D eigenvalue weighted by molar-refractivity contribution is 14.0. The molecule has 0 spiro atoms. The van der Waals surface area contributed by atoms with E-state index in [-0.39, 0.29) is 30.5 Å². The molecular formula is C16H24F3IN4. The first-order valence-electron chi connectivity index (χ1n) is 7.84. The molecule has 0 saturated carbocycles. The van der Waals surface area contributed by atoms with Crippen molar-refractivity contribution in [3.63, 3.8) is 0 Å². The van der Waals surface area contributed by atoms with Crippen LogP contribution >= 0.6 is 24.0 Å². The Labute approximate surface area is 157 Å². The molecule has 8 heteroatoms. The molecule has 0 bridgehead atoms. The van der Waals surface area contributed by atoms with Crippen LogP contribution in [0.15, 0.2) is 29.3 Å². The topological polar surface area (TPSA) is 53.6 Å². The minimum atomic E-state index is -4.31. The fourth-order valence-electron chi connectivity index (χ4n) is 2.80. The summed E-state index contributed by atoms with van der Waals surface area (Å²) in [5, 5.41) is 3.10. The Morgan fingerprint density at radius 2 is 2.00 bits per heavy atom. The number of likely N-dealkylation sites (tertiary alicyclic amines) is 1. The van der Waals surface area contributed by atoms with Gasteiger partial charge in [0.1, 0.15) is 0 Å². The third-order valence-corrected chi connectivity index (χ3v) is 4.14. The zero-order valence-electron chi connectivity index (χ0n) is 13.6. The van der Waals surface area contributed by atoms with Crippen LogP contribution in [0.1, 0.15) is 30.9 Å². The number of hydrogen-bond donors (Lipinski definition) is 2. The molecule has 1 aliphatic heterocycles. The predicted octanol–water partition coefficient (Wildman–Crippen LogP) is 3.21. The molecule has 1 atom stereocenters. The Morgan fingerprint density at radius 1 is 1.33 bits per heavy atom. The SMILES string of the molecule is CCN1CCCC1CNC(N)=NCc1ccc(C(F)(F)F)cc1.I. The van der Waals surface area contributed by atoms with Gasteiger partial charge >= 0.3 is 6.18 Å². The number of rotatable bonds is 5. The lowest BCUT2D eigenvalue weighted by molar-refractivity contribution is -0.137. The molecule has 1 aromatic carbocycles. The lowest BCUT2D eigenvalue weighted by Gasteiger charge is -2.23. The van der Waals surface area contributed by atoms with Crippen LogP contribution in [0.4, 0.5) is 13.2 Å². The molecule has 1 saturated heterocycles. The van der Waals surface area contributed by atoms with Gasteiger partial charge in [-0.05, 0) is 43.6 Å². The van der Waals surface area contributed by atoms with Crippen LogP contribution in [0.3, 0.4) is 0 Å². The number of nitrogens with one attached hydrogen (secondary N) is 1. The maximum Gasteiger partial charge on any atom is 0.416 e. The van der Waals surface area contributed by atoms with E-state index >= 15 is 0 Å². The number of alkyl halides is 3. The maximum atomic E-state index is 12.5. The summed E-state index contributed by atoms with van der Waals surface area (Å²) in [7, 11) is 0. The molecule has 1 aliphatic rings. The first-order valence-corrected chi connectivity index (χ1v) is 7.84. The standard InChI is InChI=1S/C16H23F3N4.HI/c1-2-23-9-3-4-14(23)11-22-15(20)21-10-12-5-7-13(8-6-12)16(17,18)19;/h5-8,14H,2-4,9-11H2,1H3,(H3,20,21,22);1H. The summed E-state index contributed by atoms with van der Waals surface area (Å²) in [6.45, 7) is 5.29. The van der Waals surface area contributed by atoms with Crippen molar-refractivity contribution in [1.29, 1.82) is 0 Å². The predicted molar refractivity (Wildman–Crippen MR) is 100 cm³/mol. The van der Waals surface area contributed by atoms with Crippen molar-refractivity contribution in [2.24, 2.45) is 10.7 Å². The smallest absolute Gasteiger partial charge is 0.370 e. The first-order chi connectivity index (χ1) is 10.9. The molecule has 1 unspecified atom stereocenters. The van der Waals surface area contributed by atoms with Crippen molar-refractivity contribution >= 4 is 29.9 Å². The normalized spacial score (nSPS) is 19.2. The van der Waals surface area contributed by atoms with Gasteiger partial charge in [0.05, 0.1) is 12.1 Å². The number of nitrogens with two attached hydrogens (primary N) is 1. The number of halogens is 4. The molecule has 136 valence electrons. The molecule has 1 fully saturated rings. The van der Waals surface area contributed by atoms with Crippen LogP contribution < -0.4 is 11.1 Å². The van der Waals surface area contributed by atoms with Crippen molar-refractivity contribution in [1.82, 2.24) is 10.2 Å². The van der Waals surface area contributed by atoms with Gasteiger partial charge < -0.3 is 11.1 Å². The number of benzene rings is 1. The van der Waals surface area contributed by atoms with Crippen LogP contribution in [0.5, 0.6) is 0 Å². The second-order valence-electron chi connectivity index (χ2n) is 5.70. The maximum absolute atomic E-state index is 12.5. The lowest BCUT2D eigenvalue weighted by atomic mass is 10.1. The highest BCUT2D eigenvalue weighted by Gasteiger charge is 2.29. The summed E-state index contributed by atoms with van der Waals surface area (Å²) in [4.78, 5) is 6.58. The minimum Gasteiger partial charge on any atom is -0.370 e. The van der Waals surface area contributed by atoms with E-state index in [9.17, 15) is 13.2 Å². The summed E-state index contributed by atoms with van der Waals surface area (Å²) in [5.74, 6) is 0.327. The molecule has 1 heterocycles. The number of likely N-dealkylation sites (N-methyl/N-ethyl adjacent to an activating group) is 1. The van der Waals surface area contributed by atoms with E-state index in [4.69, 9.17) is 5.73 Å². The van der Waals surface area contributed by atoms with Gasteiger partial charge in [0.15, 0.2) is 5.96 Å². The number of nitrogens with zero attached hydrogens (tertiary/aromatic N) is 2. The Balaban J connectivity index is 0.00000288. The van der Waals surface area contributed by atoms with Crippen LogP contribution in [0.2, 0.25) is 0 Å². The van der Waals surface area contributed by atoms with E-state index in [1.165, 1.54) is 18.6 Å². The molecule has 1 aromatic rings. The highest BCUT2D eigenvalue weighted by Crippen LogP contribution is 2.29. The minimum absolute atomic E-state index is 0. The molecule has 4 nitrogen and oxygen atoms in total. The Hall–Kier alpha value is -1.03. The molecule has 2 rings (SSSR count). The van der Waals surface area contributed by atoms with Crippen molar-refractivity contribution in [2.75, 3.05) is 19.6 Å². The summed E-state index contributed by atoms with van der Waals surface area (Å²) < 4.78 is 37.4. The van der Waals surface area contributed by atoms with Gasteiger partial charge in [0.2, 0.25) is 0 Å². The fourth-order valence-corrected chi connectivity index (χ4v) is 2.80. The highest BCUT2D eigenvalue weighted by atomic mass is 127. The average molecular weight is 456 g/mol. The molecule has 0 aromatic heterocycles. The van der Waals surface area contributed by atoms with Crippen LogP contribution in [-0.4, -0.2) is 36.5 Å². The number of aliphatic imine (C=N–C) groups is 1. The Kier molecular flexibility index (Phi) is 8.28. The van der Waals surface area contributed by atoms with Crippen molar-refractivity contribution in [3.05, 3.63) is 35.4 Å². The van der Waals surface area contributed by atoms with Gasteiger partial charge in [-0.2, -0.15) is 13.2 Å². The van der Waals surface area contributed by atoms with Gasteiger partial charge in [-0.15, -0.1) is 24.0 Å². The number of guanidine groups is 1. The molecule has 0 radical (unpaired) electrons. The van der Waals surface area contributed by atoms with Crippen LogP contribution in [0, 0.1) is 0 Å². The molecule has 24 heavy (non-hydrogen) atoms. The Bertz CT molecular complexity index is 531. The number of hydrogen-bond acceptors (Lipinski definition) is 2. The fraction of sp³-hybridized carbons (Fsp3) is 0.562. The largest absolute Gasteiger partial charge is 0.416 e. The van der Waals surface area contributed by atoms with E-state index in [1.807, 2.05) is 0 Å². The van der Waals surface area contributed by atoms with E-state index < -0.39 is 11.7 Å². The van der Waals surface area contributed by atoms with Gasteiger partial charge in [-0.1, -0.05) is 19.1 Å². The monoisotopic (exact) mass is 456 g/mol. The zero-order valence-corrected chi connectivity index (χ0v) is 16.0. The summed E-state index contributed by atoms with van der Waals surface area (Å²) in [6.07, 6.45) is -1.97. The lowest BCUT2D eigenvalue weighted by Crippen LogP contribution is -2.42. The summed E-state index contributed by atoms with van der Waals surface area (Å²) in [5.41, 5.74) is 5.86. The second kappa shape index (κ2) is 9.45.